The summed E-state index contributed by atoms with van der Waals surface area (Å²) in [6, 6.07) is 0. The third-order valence-corrected chi connectivity index (χ3v) is 2.93. The van der Waals surface area contributed by atoms with Crippen molar-refractivity contribution in [2.24, 2.45) is 10.8 Å². The Labute approximate surface area is 89.0 Å². The van der Waals surface area contributed by atoms with Crippen molar-refractivity contribution >= 4 is 11.9 Å². The van der Waals surface area contributed by atoms with Crippen LogP contribution in [0.15, 0.2) is 0 Å². The van der Waals surface area contributed by atoms with E-state index in [1.807, 2.05) is 0 Å². The number of hydrogen-bond acceptors (Lipinski definition) is 4. The summed E-state index contributed by atoms with van der Waals surface area (Å²) < 4.78 is 4.74. The number of rotatable bonds is 5. The van der Waals surface area contributed by atoms with Gasteiger partial charge in [0.1, 0.15) is 6.61 Å². The predicted molar refractivity (Wildman–Crippen MR) is 53.2 cm³/mol. The molecule has 0 spiro atoms. The monoisotopic (exact) mass is 218 g/mol. The lowest BCUT2D eigenvalue weighted by atomic mass is 9.68. The van der Waals surface area contributed by atoms with E-state index in [0.29, 0.717) is 0 Å². The van der Waals surface area contributed by atoms with Gasteiger partial charge >= 0.3 is 11.9 Å². The highest BCUT2D eigenvalue weighted by molar-refractivity contribution is 5.86. The third-order valence-electron chi connectivity index (χ3n) is 2.93. The van der Waals surface area contributed by atoms with E-state index in [1.54, 1.807) is 0 Å². The Kier molecular flexibility index (Phi) is 4.27. The average Bonchev–Trinajstić information content (AvgIpc) is 2.13. The molecule has 88 valence electrons. The summed E-state index contributed by atoms with van der Waals surface area (Å²) in [4.78, 5) is 22.6. The number of carbonyl (C=O) groups excluding carboxylic acids is 1. The highest BCUT2D eigenvalue weighted by Crippen LogP contribution is 2.39. The summed E-state index contributed by atoms with van der Waals surface area (Å²) in [5, 5.41) is 17.5. The van der Waals surface area contributed by atoms with Gasteiger partial charge in [-0.3, -0.25) is 9.59 Å². The molecule has 0 unspecified atom stereocenters. The summed E-state index contributed by atoms with van der Waals surface area (Å²) in [5.41, 5.74) is -2.37. The van der Waals surface area contributed by atoms with Crippen LogP contribution in [-0.4, -0.2) is 35.4 Å². The zero-order valence-corrected chi connectivity index (χ0v) is 9.53. The first-order valence-corrected chi connectivity index (χ1v) is 4.69. The van der Waals surface area contributed by atoms with E-state index in [-0.39, 0.29) is 13.2 Å². The fourth-order valence-electron chi connectivity index (χ4n) is 0.841. The van der Waals surface area contributed by atoms with E-state index < -0.39 is 22.8 Å². The van der Waals surface area contributed by atoms with Crippen LogP contribution in [0, 0.1) is 10.8 Å². The number of aliphatic hydroxyl groups excluding tert-OH is 1. The molecule has 0 bridgehead atoms. The smallest absolute Gasteiger partial charge is 0.312 e. The second-order valence-corrected chi connectivity index (χ2v) is 4.41. The van der Waals surface area contributed by atoms with E-state index in [0.717, 1.165) is 0 Å². The van der Waals surface area contributed by atoms with Crippen molar-refractivity contribution in [1.29, 1.82) is 0 Å². The summed E-state index contributed by atoms with van der Waals surface area (Å²) in [6.07, 6.45) is 0. The maximum absolute atomic E-state index is 11.6. The predicted octanol–water partition coefficient (Wildman–Crippen LogP) is 0.659. The van der Waals surface area contributed by atoms with Crippen LogP contribution in [0.3, 0.4) is 0 Å². The highest BCUT2D eigenvalue weighted by atomic mass is 16.5. The van der Waals surface area contributed by atoms with Crippen molar-refractivity contribution < 1.29 is 24.5 Å². The molecule has 2 N–H and O–H groups in total. The van der Waals surface area contributed by atoms with Crippen LogP contribution in [0.4, 0.5) is 0 Å². The minimum absolute atomic E-state index is 0.113. The van der Waals surface area contributed by atoms with Gasteiger partial charge in [0.2, 0.25) is 0 Å². The molecule has 0 aromatic rings. The Morgan fingerprint density at radius 1 is 1.13 bits per heavy atom. The van der Waals surface area contributed by atoms with Gasteiger partial charge in [0, 0.05) is 0 Å². The van der Waals surface area contributed by atoms with Gasteiger partial charge in [0.15, 0.2) is 0 Å². The van der Waals surface area contributed by atoms with Crippen LogP contribution in [0.1, 0.15) is 27.7 Å². The molecule has 0 rings (SSSR count). The number of carbonyl (C=O) groups is 2. The normalized spacial score (nSPS) is 12.3. The Morgan fingerprint density at radius 2 is 1.60 bits per heavy atom. The van der Waals surface area contributed by atoms with Crippen LogP contribution in [0.5, 0.6) is 0 Å². The molecule has 0 heterocycles. The lowest BCUT2D eigenvalue weighted by molar-refractivity contribution is -0.172. The molecule has 0 saturated carbocycles. The Bertz CT molecular complexity index is 255. The van der Waals surface area contributed by atoms with Crippen LogP contribution in [-0.2, 0) is 14.3 Å². The first-order chi connectivity index (χ1) is 6.67. The molecular formula is C10H18O5. The molecule has 5 heteroatoms. The van der Waals surface area contributed by atoms with Crippen molar-refractivity contribution in [3.63, 3.8) is 0 Å². The molecule has 15 heavy (non-hydrogen) atoms. The maximum Gasteiger partial charge on any atom is 0.312 e. The standard InChI is InChI=1S/C10H18O5/c1-9(2,7(12)13)10(3,4)8(14)15-6-5-11/h11H,5-6H2,1-4H3,(H,12,13). The molecule has 0 aliphatic heterocycles. The fourth-order valence-corrected chi connectivity index (χ4v) is 0.841. The second kappa shape index (κ2) is 4.61. The van der Waals surface area contributed by atoms with Gasteiger partial charge < -0.3 is 14.9 Å². The van der Waals surface area contributed by atoms with Crippen molar-refractivity contribution in [3.8, 4) is 0 Å². The van der Waals surface area contributed by atoms with Gasteiger partial charge in [-0.2, -0.15) is 0 Å². The second-order valence-electron chi connectivity index (χ2n) is 4.41. The van der Waals surface area contributed by atoms with E-state index in [4.69, 9.17) is 14.9 Å². The number of carboxylic acid groups (broad SMARTS) is 1. The number of carboxylic acids is 1. The quantitative estimate of drug-likeness (QED) is 0.662. The molecule has 0 saturated heterocycles. The van der Waals surface area contributed by atoms with Crippen molar-refractivity contribution in [3.05, 3.63) is 0 Å². The van der Waals surface area contributed by atoms with Gasteiger partial charge in [0.05, 0.1) is 17.4 Å². The van der Waals surface area contributed by atoms with Crippen LogP contribution < -0.4 is 0 Å². The summed E-state index contributed by atoms with van der Waals surface area (Å²) in [6.45, 7) is 5.58. The first-order valence-electron chi connectivity index (χ1n) is 4.69. The molecule has 0 aromatic carbocycles. The minimum atomic E-state index is -1.22. The molecule has 0 aromatic heterocycles. The van der Waals surface area contributed by atoms with E-state index in [9.17, 15) is 9.59 Å². The molecule has 0 aliphatic rings. The topological polar surface area (TPSA) is 83.8 Å². The summed E-state index contributed by atoms with van der Waals surface area (Å²) in [5.74, 6) is -1.68. The lowest BCUT2D eigenvalue weighted by Gasteiger charge is -2.35. The van der Waals surface area contributed by atoms with Gasteiger partial charge in [-0.15, -0.1) is 0 Å². The minimum Gasteiger partial charge on any atom is -0.481 e. The largest absolute Gasteiger partial charge is 0.481 e. The Hall–Kier alpha value is -1.10. The van der Waals surface area contributed by atoms with E-state index in [2.05, 4.69) is 0 Å². The molecule has 0 fully saturated rings. The van der Waals surface area contributed by atoms with Gasteiger partial charge in [-0.05, 0) is 27.7 Å². The number of aliphatic hydroxyl groups is 1. The van der Waals surface area contributed by atoms with Gasteiger partial charge in [-0.1, -0.05) is 0 Å². The fraction of sp³-hybridized carbons (Fsp3) is 0.800. The highest BCUT2D eigenvalue weighted by Gasteiger charge is 2.49. The zero-order valence-electron chi connectivity index (χ0n) is 9.53. The van der Waals surface area contributed by atoms with Gasteiger partial charge in [0.25, 0.3) is 0 Å². The summed E-state index contributed by atoms with van der Waals surface area (Å²) >= 11 is 0. The third kappa shape index (κ3) is 2.68. The summed E-state index contributed by atoms with van der Waals surface area (Å²) in [7, 11) is 0. The van der Waals surface area contributed by atoms with Crippen molar-refractivity contribution in [2.45, 2.75) is 27.7 Å². The average molecular weight is 218 g/mol. The molecule has 0 atom stereocenters. The molecular weight excluding hydrogens is 200 g/mol. The zero-order chi connectivity index (χ0) is 12.3. The van der Waals surface area contributed by atoms with Crippen LogP contribution in [0.2, 0.25) is 0 Å². The SMILES string of the molecule is CC(C)(C(=O)O)C(C)(C)C(=O)OCCO. The number of hydrogen-bond donors (Lipinski definition) is 2. The maximum atomic E-state index is 11.6. The van der Waals surface area contributed by atoms with Crippen molar-refractivity contribution in [2.75, 3.05) is 13.2 Å². The number of ether oxygens (including phenoxy) is 1. The molecule has 0 aliphatic carbocycles. The van der Waals surface area contributed by atoms with Crippen molar-refractivity contribution in [1.82, 2.24) is 0 Å². The molecule has 5 nitrogen and oxygen atoms in total. The molecule has 0 radical (unpaired) electrons. The first kappa shape index (κ1) is 13.9. The van der Waals surface area contributed by atoms with Gasteiger partial charge in [-0.25, -0.2) is 0 Å². The number of aliphatic carboxylic acids is 1. The van der Waals surface area contributed by atoms with E-state index >= 15 is 0 Å². The Morgan fingerprint density at radius 3 is 1.93 bits per heavy atom. The molecule has 0 amide bonds. The number of esters is 1. The lowest BCUT2D eigenvalue weighted by Crippen LogP contribution is -2.46. The van der Waals surface area contributed by atoms with Crippen LogP contribution in [0.25, 0.3) is 0 Å². The van der Waals surface area contributed by atoms with Crippen LogP contribution >= 0.6 is 0 Å². The Balaban J connectivity index is 4.80. The van der Waals surface area contributed by atoms with E-state index in [1.165, 1.54) is 27.7 Å².